The van der Waals surface area contributed by atoms with Gasteiger partial charge in [0, 0.05) is 16.5 Å². The SMILES string of the molecule is CC[C@@H](Oc1cccc2ccccc12)C(=O)Nc1ccccc1C(=O)c1ccccc1. The fraction of sp³-hybridized carbons (Fsp3) is 0.111. The van der Waals surface area contributed by atoms with E-state index in [1.807, 2.05) is 67.6 Å². The van der Waals surface area contributed by atoms with Crippen LogP contribution in [0.2, 0.25) is 0 Å². The summed E-state index contributed by atoms with van der Waals surface area (Å²) in [7, 11) is 0. The fourth-order valence-electron chi connectivity index (χ4n) is 3.52. The first-order valence-corrected chi connectivity index (χ1v) is 10.3. The summed E-state index contributed by atoms with van der Waals surface area (Å²) in [6, 6.07) is 29.8. The third-order valence-electron chi connectivity index (χ3n) is 5.15. The lowest BCUT2D eigenvalue weighted by molar-refractivity contribution is -0.122. The number of benzene rings is 4. The molecule has 0 radical (unpaired) electrons. The minimum atomic E-state index is -0.689. The predicted octanol–water partition coefficient (Wildman–Crippen LogP) is 5.87. The van der Waals surface area contributed by atoms with Crippen LogP contribution < -0.4 is 10.1 Å². The molecule has 0 aliphatic heterocycles. The Morgan fingerprint density at radius 2 is 1.48 bits per heavy atom. The molecule has 0 fully saturated rings. The average Bonchev–Trinajstić information content (AvgIpc) is 2.83. The number of rotatable bonds is 7. The first-order valence-electron chi connectivity index (χ1n) is 10.3. The average molecular weight is 409 g/mol. The molecule has 4 heteroatoms. The van der Waals surface area contributed by atoms with E-state index in [9.17, 15) is 9.59 Å². The van der Waals surface area contributed by atoms with Crippen LogP contribution in [-0.4, -0.2) is 17.8 Å². The van der Waals surface area contributed by atoms with Gasteiger partial charge in [-0.3, -0.25) is 9.59 Å². The van der Waals surface area contributed by atoms with Crippen LogP contribution in [-0.2, 0) is 4.79 Å². The summed E-state index contributed by atoms with van der Waals surface area (Å²) >= 11 is 0. The van der Waals surface area contributed by atoms with Crippen molar-refractivity contribution < 1.29 is 14.3 Å². The molecular formula is C27H23NO3. The van der Waals surface area contributed by atoms with E-state index in [-0.39, 0.29) is 11.7 Å². The van der Waals surface area contributed by atoms with Gasteiger partial charge in [0.15, 0.2) is 11.9 Å². The van der Waals surface area contributed by atoms with Crippen LogP contribution >= 0.6 is 0 Å². The summed E-state index contributed by atoms with van der Waals surface area (Å²) in [6.07, 6.45) is -0.199. The van der Waals surface area contributed by atoms with Gasteiger partial charge in [-0.25, -0.2) is 0 Å². The second kappa shape index (κ2) is 9.26. The largest absolute Gasteiger partial charge is 0.480 e. The monoisotopic (exact) mass is 409 g/mol. The Kier molecular flexibility index (Phi) is 6.08. The first kappa shape index (κ1) is 20.4. The molecule has 1 atom stereocenters. The molecule has 0 aromatic heterocycles. The van der Waals surface area contributed by atoms with Crippen LogP contribution in [0.1, 0.15) is 29.3 Å². The zero-order chi connectivity index (χ0) is 21.6. The Morgan fingerprint density at radius 3 is 2.29 bits per heavy atom. The maximum absolute atomic E-state index is 13.0. The van der Waals surface area contributed by atoms with Crippen LogP contribution in [0.4, 0.5) is 5.69 Å². The number of fused-ring (bicyclic) bond motifs is 1. The second-order valence-corrected chi connectivity index (χ2v) is 7.22. The number of carbonyl (C=O) groups is 2. The number of para-hydroxylation sites is 1. The first-order chi connectivity index (χ1) is 15.2. The highest BCUT2D eigenvalue weighted by Gasteiger charge is 2.22. The van der Waals surface area contributed by atoms with Crippen molar-refractivity contribution in [2.24, 2.45) is 0 Å². The second-order valence-electron chi connectivity index (χ2n) is 7.22. The smallest absolute Gasteiger partial charge is 0.265 e. The summed E-state index contributed by atoms with van der Waals surface area (Å²) in [5.41, 5.74) is 1.49. The van der Waals surface area contributed by atoms with E-state index in [4.69, 9.17) is 4.74 Å². The van der Waals surface area contributed by atoms with Gasteiger partial charge in [0.05, 0.1) is 5.69 Å². The molecule has 0 saturated carbocycles. The number of nitrogens with one attached hydrogen (secondary N) is 1. The Morgan fingerprint density at radius 1 is 0.806 bits per heavy atom. The van der Waals surface area contributed by atoms with Crippen molar-refractivity contribution >= 4 is 28.2 Å². The van der Waals surface area contributed by atoms with Crippen molar-refractivity contribution in [2.45, 2.75) is 19.4 Å². The third-order valence-corrected chi connectivity index (χ3v) is 5.15. The van der Waals surface area contributed by atoms with Crippen molar-refractivity contribution in [1.29, 1.82) is 0 Å². The number of ketones is 1. The molecule has 154 valence electrons. The molecule has 4 aromatic rings. The van der Waals surface area contributed by atoms with Gasteiger partial charge in [-0.05, 0) is 30.0 Å². The maximum Gasteiger partial charge on any atom is 0.265 e. The van der Waals surface area contributed by atoms with Gasteiger partial charge in [-0.15, -0.1) is 0 Å². The Hall–Kier alpha value is -3.92. The van der Waals surface area contributed by atoms with Crippen LogP contribution in [0.25, 0.3) is 10.8 Å². The van der Waals surface area contributed by atoms with Crippen molar-refractivity contribution in [3.63, 3.8) is 0 Å². The molecular weight excluding hydrogens is 386 g/mol. The van der Waals surface area contributed by atoms with Crippen molar-refractivity contribution in [3.05, 3.63) is 108 Å². The number of hydrogen-bond donors (Lipinski definition) is 1. The van der Waals surface area contributed by atoms with E-state index >= 15 is 0 Å². The van der Waals surface area contributed by atoms with E-state index < -0.39 is 6.10 Å². The highest BCUT2D eigenvalue weighted by molar-refractivity contribution is 6.14. The van der Waals surface area contributed by atoms with Crippen LogP contribution in [0.15, 0.2) is 97.1 Å². The topological polar surface area (TPSA) is 55.4 Å². The van der Waals surface area contributed by atoms with E-state index in [1.54, 1.807) is 36.4 Å². The van der Waals surface area contributed by atoms with Gasteiger partial charge in [0.2, 0.25) is 0 Å². The lowest BCUT2D eigenvalue weighted by Gasteiger charge is -2.19. The Labute approximate surface area is 181 Å². The molecule has 1 N–H and O–H groups in total. The van der Waals surface area contributed by atoms with E-state index in [2.05, 4.69) is 5.32 Å². The highest BCUT2D eigenvalue weighted by atomic mass is 16.5. The van der Waals surface area contributed by atoms with E-state index in [0.29, 0.717) is 29.0 Å². The standard InChI is InChI=1S/C27H23NO3/c1-2-24(31-25-18-10-14-19-11-6-7-15-21(19)25)27(30)28-23-17-9-8-16-22(23)26(29)20-12-4-3-5-13-20/h3-18,24H,2H2,1H3,(H,28,30)/t24-/m1/s1. The Bertz CT molecular complexity index is 1210. The molecule has 4 nitrogen and oxygen atoms in total. The maximum atomic E-state index is 13.0. The highest BCUT2D eigenvalue weighted by Crippen LogP contribution is 2.27. The fourth-order valence-corrected chi connectivity index (χ4v) is 3.52. The number of ether oxygens (including phenoxy) is 1. The molecule has 0 unspecified atom stereocenters. The third kappa shape index (κ3) is 4.48. The van der Waals surface area contributed by atoms with Crippen molar-refractivity contribution in [1.82, 2.24) is 0 Å². The molecule has 31 heavy (non-hydrogen) atoms. The van der Waals surface area contributed by atoms with E-state index in [1.165, 1.54) is 0 Å². The summed E-state index contributed by atoms with van der Waals surface area (Å²) in [4.78, 5) is 26.0. The Balaban J connectivity index is 1.57. The summed E-state index contributed by atoms with van der Waals surface area (Å²) in [5.74, 6) is 0.233. The van der Waals surface area contributed by atoms with Gasteiger partial charge >= 0.3 is 0 Å². The number of carbonyl (C=O) groups excluding carboxylic acids is 2. The van der Waals surface area contributed by atoms with Crippen molar-refractivity contribution in [3.8, 4) is 5.75 Å². The molecule has 0 aliphatic rings. The van der Waals surface area contributed by atoms with Gasteiger partial charge in [0.1, 0.15) is 5.75 Å². The minimum absolute atomic E-state index is 0.139. The van der Waals surface area contributed by atoms with E-state index in [0.717, 1.165) is 10.8 Å². The van der Waals surface area contributed by atoms with Crippen LogP contribution in [0, 0.1) is 0 Å². The molecule has 1 amide bonds. The normalized spacial score (nSPS) is 11.6. The van der Waals surface area contributed by atoms with Crippen molar-refractivity contribution in [2.75, 3.05) is 5.32 Å². The van der Waals surface area contributed by atoms with Crippen LogP contribution in [0.3, 0.4) is 0 Å². The molecule has 0 bridgehead atoms. The predicted molar refractivity (Wildman–Crippen MR) is 124 cm³/mol. The molecule has 0 saturated heterocycles. The summed E-state index contributed by atoms with van der Waals surface area (Å²) in [6.45, 7) is 1.90. The van der Waals surface area contributed by atoms with Gasteiger partial charge in [0.25, 0.3) is 5.91 Å². The number of anilines is 1. The summed E-state index contributed by atoms with van der Waals surface area (Å²) in [5, 5.41) is 4.90. The summed E-state index contributed by atoms with van der Waals surface area (Å²) < 4.78 is 6.10. The van der Waals surface area contributed by atoms with Crippen LogP contribution in [0.5, 0.6) is 5.75 Å². The lowest BCUT2D eigenvalue weighted by atomic mass is 10.0. The zero-order valence-electron chi connectivity index (χ0n) is 17.2. The van der Waals surface area contributed by atoms with Gasteiger partial charge in [-0.1, -0.05) is 85.8 Å². The quantitative estimate of drug-likeness (QED) is 0.389. The zero-order valence-corrected chi connectivity index (χ0v) is 17.2. The number of amides is 1. The number of hydrogen-bond acceptors (Lipinski definition) is 3. The lowest BCUT2D eigenvalue weighted by Crippen LogP contribution is -2.33. The molecule has 4 rings (SSSR count). The molecule has 4 aromatic carbocycles. The molecule has 0 spiro atoms. The van der Waals surface area contributed by atoms with Gasteiger partial charge in [-0.2, -0.15) is 0 Å². The minimum Gasteiger partial charge on any atom is -0.480 e. The molecule has 0 heterocycles. The van der Waals surface area contributed by atoms with Gasteiger partial charge < -0.3 is 10.1 Å². The molecule has 0 aliphatic carbocycles.